The number of hydrogen-bond acceptors (Lipinski definition) is 2. The van der Waals surface area contributed by atoms with Gasteiger partial charge in [0.2, 0.25) is 6.29 Å². The summed E-state index contributed by atoms with van der Waals surface area (Å²) in [7, 11) is 1.65. The highest BCUT2D eigenvalue weighted by molar-refractivity contribution is 5.77. The van der Waals surface area contributed by atoms with Crippen LogP contribution in [0, 0.1) is 0 Å². The quantitative estimate of drug-likeness (QED) is 0.762. The number of ether oxygens (including phenoxy) is 1. The molecule has 0 spiro atoms. The fourth-order valence-electron chi connectivity index (χ4n) is 1.57. The average molecular weight is 237 g/mol. The summed E-state index contributed by atoms with van der Waals surface area (Å²) in [5, 5.41) is 0. The number of carbonyl (C=O) groups excluding carboxylic acids is 1. The highest BCUT2D eigenvalue weighted by Gasteiger charge is 1.92. The van der Waals surface area contributed by atoms with E-state index < -0.39 is 0 Å². The Hall–Kier alpha value is -2.35. The first-order valence-electron chi connectivity index (χ1n) is 5.62. The molecule has 0 atom stereocenters. The van der Waals surface area contributed by atoms with Crippen molar-refractivity contribution in [2.75, 3.05) is 7.11 Å². The zero-order chi connectivity index (χ0) is 12.8. The highest BCUT2D eigenvalue weighted by Crippen LogP contribution is 2.14. The van der Waals surface area contributed by atoms with Crippen LogP contribution in [-0.4, -0.2) is 13.4 Å². The first-order valence-corrected chi connectivity index (χ1v) is 5.62. The fourth-order valence-corrected chi connectivity index (χ4v) is 1.57. The van der Waals surface area contributed by atoms with Gasteiger partial charge in [-0.05, 0) is 23.3 Å². The van der Waals surface area contributed by atoms with Gasteiger partial charge >= 0.3 is 0 Å². The van der Waals surface area contributed by atoms with Crippen LogP contribution in [0.4, 0.5) is 0 Å². The molecule has 0 bridgehead atoms. The lowest BCUT2D eigenvalue weighted by atomic mass is 10.1. The van der Waals surface area contributed by atoms with Gasteiger partial charge in [-0.1, -0.05) is 48.6 Å². The zero-order valence-electron chi connectivity index (χ0n) is 10.1. The van der Waals surface area contributed by atoms with Gasteiger partial charge in [-0.15, -0.1) is 0 Å². The Labute approximate surface area is 107 Å². The largest absolute Gasteiger partial charge is 0.497 e. The smallest absolute Gasteiger partial charge is 0.233 e. The lowest BCUT2D eigenvalue weighted by molar-refractivity contribution is 0.415. The molecule has 0 aliphatic rings. The maximum absolute atomic E-state index is 10.4. The molecule has 2 rings (SSSR count). The Morgan fingerprint density at radius 1 is 0.889 bits per heavy atom. The SMILES string of the molecule is COc1ccc(/C=C/c2ccc([C]=O)cc2)cc1. The van der Waals surface area contributed by atoms with Gasteiger partial charge in [0.15, 0.2) is 0 Å². The van der Waals surface area contributed by atoms with Crippen LogP contribution in [-0.2, 0) is 4.79 Å². The normalized spacial score (nSPS) is 10.5. The van der Waals surface area contributed by atoms with Crippen LogP contribution in [0.3, 0.4) is 0 Å². The van der Waals surface area contributed by atoms with Gasteiger partial charge in [0.1, 0.15) is 5.75 Å². The summed E-state index contributed by atoms with van der Waals surface area (Å²) < 4.78 is 5.10. The van der Waals surface area contributed by atoms with Crippen molar-refractivity contribution >= 4 is 18.4 Å². The van der Waals surface area contributed by atoms with Crippen molar-refractivity contribution in [2.45, 2.75) is 0 Å². The van der Waals surface area contributed by atoms with Crippen LogP contribution in [0.1, 0.15) is 16.7 Å². The number of hydrogen-bond donors (Lipinski definition) is 0. The van der Waals surface area contributed by atoms with E-state index in [2.05, 4.69) is 0 Å². The molecule has 0 aliphatic heterocycles. The minimum Gasteiger partial charge on any atom is -0.497 e. The fraction of sp³-hybridized carbons (Fsp3) is 0.0625. The Morgan fingerprint density at radius 2 is 1.39 bits per heavy atom. The maximum Gasteiger partial charge on any atom is 0.233 e. The zero-order valence-corrected chi connectivity index (χ0v) is 10.1. The van der Waals surface area contributed by atoms with Gasteiger partial charge in [-0.25, -0.2) is 0 Å². The van der Waals surface area contributed by atoms with Crippen LogP contribution >= 0.6 is 0 Å². The highest BCUT2D eigenvalue weighted by atomic mass is 16.5. The third-order valence-electron chi connectivity index (χ3n) is 2.61. The van der Waals surface area contributed by atoms with E-state index in [9.17, 15) is 4.79 Å². The van der Waals surface area contributed by atoms with Gasteiger partial charge in [0.05, 0.1) is 7.11 Å². The number of benzene rings is 2. The lowest BCUT2D eigenvalue weighted by Gasteiger charge is -1.99. The van der Waals surface area contributed by atoms with Crippen molar-refractivity contribution in [2.24, 2.45) is 0 Å². The number of rotatable bonds is 4. The third-order valence-corrected chi connectivity index (χ3v) is 2.61. The van der Waals surface area contributed by atoms with E-state index in [-0.39, 0.29) is 0 Å². The van der Waals surface area contributed by atoms with Crippen molar-refractivity contribution in [3.8, 4) is 5.75 Å². The Balaban J connectivity index is 2.10. The first-order chi connectivity index (χ1) is 8.81. The molecule has 0 amide bonds. The van der Waals surface area contributed by atoms with Crippen LogP contribution in [0.25, 0.3) is 12.2 Å². The molecule has 1 radical (unpaired) electrons. The van der Waals surface area contributed by atoms with E-state index >= 15 is 0 Å². The molecule has 0 saturated carbocycles. The van der Waals surface area contributed by atoms with Crippen molar-refractivity contribution in [1.29, 1.82) is 0 Å². The monoisotopic (exact) mass is 237 g/mol. The van der Waals surface area contributed by atoms with Gasteiger partial charge in [-0.3, -0.25) is 4.79 Å². The summed E-state index contributed by atoms with van der Waals surface area (Å²) in [5.41, 5.74) is 2.71. The van der Waals surface area contributed by atoms with Crippen LogP contribution in [0.15, 0.2) is 48.5 Å². The van der Waals surface area contributed by atoms with E-state index in [4.69, 9.17) is 4.74 Å². The van der Waals surface area contributed by atoms with E-state index in [0.29, 0.717) is 5.56 Å². The standard InChI is InChI=1S/C16H13O2/c1-18-16-10-8-14(9-11-16)3-2-13-4-6-15(12-17)7-5-13/h2-11H,1H3/b3-2+. The van der Waals surface area contributed by atoms with Crippen molar-refractivity contribution in [1.82, 2.24) is 0 Å². The average Bonchev–Trinajstić information content (AvgIpc) is 2.46. The molecule has 0 aromatic heterocycles. The predicted octanol–water partition coefficient (Wildman–Crippen LogP) is 3.32. The molecular formula is C16H13O2. The summed E-state index contributed by atoms with van der Waals surface area (Å²) in [5.74, 6) is 0.845. The molecule has 2 heteroatoms. The summed E-state index contributed by atoms with van der Waals surface area (Å²) in [4.78, 5) is 10.4. The van der Waals surface area contributed by atoms with Gasteiger partial charge in [0.25, 0.3) is 0 Å². The van der Waals surface area contributed by atoms with Crippen LogP contribution in [0.5, 0.6) is 5.75 Å². The van der Waals surface area contributed by atoms with E-state index in [1.54, 1.807) is 19.2 Å². The molecule has 0 N–H and O–H groups in total. The van der Waals surface area contributed by atoms with Crippen molar-refractivity contribution < 1.29 is 9.53 Å². The molecule has 18 heavy (non-hydrogen) atoms. The molecule has 89 valence electrons. The molecule has 2 aromatic rings. The first kappa shape index (κ1) is 12.1. The maximum atomic E-state index is 10.4. The van der Waals surface area contributed by atoms with Crippen LogP contribution < -0.4 is 4.74 Å². The Bertz CT molecular complexity index is 536. The topological polar surface area (TPSA) is 26.3 Å². The van der Waals surface area contributed by atoms with E-state index in [0.717, 1.165) is 16.9 Å². The van der Waals surface area contributed by atoms with Gasteiger partial charge < -0.3 is 4.74 Å². The second-order valence-electron chi connectivity index (χ2n) is 3.83. The molecule has 2 nitrogen and oxygen atoms in total. The summed E-state index contributed by atoms with van der Waals surface area (Å²) in [6.07, 6.45) is 5.86. The van der Waals surface area contributed by atoms with E-state index in [1.807, 2.05) is 54.8 Å². The molecule has 0 aliphatic carbocycles. The van der Waals surface area contributed by atoms with Crippen LogP contribution in [0.2, 0.25) is 0 Å². The summed E-state index contributed by atoms with van der Waals surface area (Å²) in [6, 6.07) is 15.1. The third kappa shape index (κ3) is 3.08. The van der Waals surface area contributed by atoms with Gasteiger partial charge in [-0.2, -0.15) is 0 Å². The minimum absolute atomic E-state index is 0.566. The molecule has 0 fully saturated rings. The molecular weight excluding hydrogens is 224 g/mol. The molecule has 0 saturated heterocycles. The predicted molar refractivity (Wildman–Crippen MR) is 73.2 cm³/mol. The lowest BCUT2D eigenvalue weighted by Crippen LogP contribution is -1.81. The Kier molecular flexibility index (Phi) is 3.92. The summed E-state index contributed by atoms with van der Waals surface area (Å²) >= 11 is 0. The van der Waals surface area contributed by atoms with Crippen molar-refractivity contribution in [3.63, 3.8) is 0 Å². The molecule has 0 heterocycles. The number of methoxy groups -OCH3 is 1. The Morgan fingerprint density at radius 3 is 1.83 bits per heavy atom. The minimum atomic E-state index is 0.566. The summed E-state index contributed by atoms with van der Waals surface area (Å²) in [6.45, 7) is 0. The second kappa shape index (κ2) is 5.82. The molecule has 2 aromatic carbocycles. The second-order valence-corrected chi connectivity index (χ2v) is 3.83. The molecule has 0 unspecified atom stereocenters. The van der Waals surface area contributed by atoms with Gasteiger partial charge in [0, 0.05) is 5.56 Å². The van der Waals surface area contributed by atoms with Crippen molar-refractivity contribution in [3.05, 3.63) is 65.2 Å². The van der Waals surface area contributed by atoms with E-state index in [1.165, 1.54) is 0 Å².